The van der Waals surface area contributed by atoms with Crippen molar-refractivity contribution in [2.24, 2.45) is 0 Å². The fourth-order valence-corrected chi connectivity index (χ4v) is 2.22. The van der Waals surface area contributed by atoms with Crippen LogP contribution in [0.4, 0.5) is 0 Å². The molecule has 0 spiro atoms. The van der Waals surface area contributed by atoms with Crippen molar-refractivity contribution in [3.05, 3.63) is 76.5 Å². The van der Waals surface area contributed by atoms with E-state index in [1.807, 2.05) is 54.7 Å². The lowest BCUT2D eigenvalue weighted by Gasteiger charge is -2.04. The quantitative estimate of drug-likeness (QED) is 0.535. The first-order chi connectivity index (χ1) is 9.72. The Morgan fingerprint density at radius 2 is 1.80 bits per heavy atom. The van der Waals surface area contributed by atoms with Gasteiger partial charge in [-0.3, -0.25) is 15.1 Å². The monoisotopic (exact) mass is 264 g/mol. The molecule has 0 amide bonds. The van der Waals surface area contributed by atoms with E-state index in [1.54, 1.807) is 6.07 Å². The third-order valence-electron chi connectivity index (χ3n) is 3.16. The van der Waals surface area contributed by atoms with Crippen LogP contribution in [0.5, 0.6) is 0 Å². The van der Waals surface area contributed by atoms with Crippen LogP contribution in [0.1, 0.15) is 5.56 Å². The number of hydrogen-bond donors (Lipinski definition) is 0. The first kappa shape index (κ1) is 12.3. The summed E-state index contributed by atoms with van der Waals surface area (Å²) in [6.07, 6.45) is 1.82. The Bertz CT molecular complexity index is 770. The average Bonchev–Trinajstić information content (AvgIpc) is 2.47. The van der Waals surface area contributed by atoms with Gasteiger partial charge in [0.1, 0.15) is 0 Å². The molecule has 98 valence electrons. The van der Waals surface area contributed by atoms with Gasteiger partial charge in [0.15, 0.2) is 0 Å². The molecule has 0 atom stereocenters. The Kier molecular flexibility index (Phi) is 3.13. The number of aromatic nitrogens is 1. The zero-order valence-corrected chi connectivity index (χ0v) is 10.7. The summed E-state index contributed by atoms with van der Waals surface area (Å²) in [5, 5.41) is 11.5. The largest absolute Gasteiger partial charge is 0.264 e. The maximum absolute atomic E-state index is 10.6. The van der Waals surface area contributed by atoms with E-state index < -0.39 is 0 Å². The van der Waals surface area contributed by atoms with Crippen LogP contribution in [-0.2, 0) is 6.54 Å². The summed E-state index contributed by atoms with van der Waals surface area (Å²) in [5.74, 6) is 0. The van der Waals surface area contributed by atoms with Crippen molar-refractivity contribution in [1.29, 1.82) is 0 Å². The SMILES string of the molecule is O=[N+]([O-])Cc1ccc2ncc(-c3ccccc3)cc2c1. The highest BCUT2D eigenvalue weighted by Crippen LogP contribution is 2.23. The first-order valence-corrected chi connectivity index (χ1v) is 6.28. The first-order valence-electron chi connectivity index (χ1n) is 6.28. The molecule has 0 bridgehead atoms. The second kappa shape index (κ2) is 5.09. The van der Waals surface area contributed by atoms with Crippen LogP contribution in [-0.4, -0.2) is 9.91 Å². The van der Waals surface area contributed by atoms with Gasteiger partial charge in [-0.15, -0.1) is 0 Å². The van der Waals surface area contributed by atoms with E-state index >= 15 is 0 Å². The summed E-state index contributed by atoms with van der Waals surface area (Å²) in [5.41, 5.74) is 3.63. The van der Waals surface area contributed by atoms with Crippen molar-refractivity contribution in [2.45, 2.75) is 6.54 Å². The van der Waals surface area contributed by atoms with Gasteiger partial charge in [-0.2, -0.15) is 0 Å². The normalized spacial score (nSPS) is 10.6. The number of hydrogen-bond acceptors (Lipinski definition) is 3. The molecular formula is C16H12N2O2. The number of nitro groups is 1. The van der Waals surface area contributed by atoms with Gasteiger partial charge in [0.25, 0.3) is 0 Å². The Morgan fingerprint density at radius 3 is 2.55 bits per heavy atom. The predicted octanol–water partition coefficient (Wildman–Crippen LogP) is 3.68. The van der Waals surface area contributed by atoms with Crippen LogP contribution < -0.4 is 0 Å². The summed E-state index contributed by atoms with van der Waals surface area (Å²) in [4.78, 5) is 14.7. The molecule has 0 N–H and O–H groups in total. The van der Waals surface area contributed by atoms with Crippen molar-refractivity contribution in [1.82, 2.24) is 4.98 Å². The van der Waals surface area contributed by atoms with E-state index in [1.165, 1.54) is 0 Å². The lowest BCUT2D eigenvalue weighted by Crippen LogP contribution is -1.97. The maximum atomic E-state index is 10.6. The molecule has 20 heavy (non-hydrogen) atoms. The molecule has 0 unspecified atom stereocenters. The number of rotatable bonds is 3. The van der Waals surface area contributed by atoms with Gasteiger partial charge in [0.05, 0.1) is 5.52 Å². The number of nitrogens with zero attached hydrogens (tertiary/aromatic N) is 2. The molecule has 1 aromatic heterocycles. The van der Waals surface area contributed by atoms with Gasteiger partial charge in [0.2, 0.25) is 6.54 Å². The van der Waals surface area contributed by atoms with Gasteiger partial charge in [-0.05, 0) is 23.8 Å². The van der Waals surface area contributed by atoms with Crippen molar-refractivity contribution < 1.29 is 4.92 Å². The fourth-order valence-electron chi connectivity index (χ4n) is 2.22. The molecule has 3 rings (SSSR count). The Hall–Kier alpha value is -2.75. The third kappa shape index (κ3) is 2.49. The van der Waals surface area contributed by atoms with Crippen LogP contribution in [0, 0.1) is 10.1 Å². The van der Waals surface area contributed by atoms with Crippen LogP contribution >= 0.6 is 0 Å². The molecule has 2 aromatic carbocycles. The summed E-state index contributed by atoms with van der Waals surface area (Å²) in [7, 11) is 0. The van der Waals surface area contributed by atoms with Crippen LogP contribution in [0.2, 0.25) is 0 Å². The number of benzene rings is 2. The lowest BCUT2D eigenvalue weighted by molar-refractivity contribution is -0.496. The van der Waals surface area contributed by atoms with Crippen LogP contribution in [0.25, 0.3) is 22.0 Å². The maximum Gasteiger partial charge on any atom is 0.228 e. The standard InChI is InChI=1S/C16H12N2O2/c19-18(20)11-12-6-7-16-14(8-12)9-15(10-17-16)13-4-2-1-3-5-13/h1-10H,11H2. The van der Waals surface area contributed by atoms with E-state index in [4.69, 9.17) is 0 Å². The second-order valence-electron chi connectivity index (χ2n) is 4.61. The van der Waals surface area contributed by atoms with Crippen LogP contribution in [0.15, 0.2) is 60.8 Å². The van der Waals surface area contributed by atoms with Crippen molar-refractivity contribution >= 4 is 10.9 Å². The van der Waals surface area contributed by atoms with Crippen molar-refractivity contribution in [3.8, 4) is 11.1 Å². The minimum absolute atomic E-state index is 0.161. The van der Waals surface area contributed by atoms with Gasteiger partial charge >= 0.3 is 0 Å². The molecule has 3 aromatic rings. The second-order valence-corrected chi connectivity index (χ2v) is 4.61. The molecule has 0 aliphatic heterocycles. The third-order valence-corrected chi connectivity index (χ3v) is 3.16. The number of fused-ring (bicyclic) bond motifs is 1. The van der Waals surface area contributed by atoms with Crippen molar-refractivity contribution in [3.63, 3.8) is 0 Å². The topological polar surface area (TPSA) is 56.0 Å². The average molecular weight is 264 g/mol. The van der Waals surface area contributed by atoms with Gasteiger partial charge in [0, 0.05) is 27.6 Å². The highest BCUT2D eigenvalue weighted by Gasteiger charge is 2.05. The van der Waals surface area contributed by atoms with Gasteiger partial charge in [-0.1, -0.05) is 36.4 Å². The van der Waals surface area contributed by atoms with Gasteiger partial charge in [-0.25, -0.2) is 0 Å². The number of pyridine rings is 1. The zero-order chi connectivity index (χ0) is 13.9. The van der Waals surface area contributed by atoms with Crippen LogP contribution in [0.3, 0.4) is 0 Å². The molecule has 0 saturated heterocycles. The smallest absolute Gasteiger partial charge is 0.228 e. The van der Waals surface area contributed by atoms with E-state index in [0.29, 0.717) is 5.56 Å². The minimum atomic E-state index is -0.324. The van der Waals surface area contributed by atoms with E-state index in [0.717, 1.165) is 22.0 Å². The highest BCUT2D eigenvalue weighted by atomic mass is 16.6. The molecule has 0 aliphatic carbocycles. The van der Waals surface area contributed by atoms with E-state index in [-0.39, 0.29) is 11.5 Å². The Morgan fingerprint density at radius 1 is 1.00 bits per heavy atom. The highest BCUT2D eigenvalue weighted by molar-refractivity contribution is 5.84. The van der Waals surface area contributed by atoms with E-state index in [9.17, 15) is 10.1 Å². The van der Waals surface area contributed by atoms with Gasteiger partial charge < -0.3 is 0 Å². The summed E-state index contributed by atoms with van der Waals surface area (Å²) in [6, 6.07) is 17.4. The molecule has 4 heteroatoms. The predicted molar refractivity (Wildman–Crippen MR) is 77.9 cm³/mol. The summed E-state index contributed by atoms with van der Waals surface area (Å²) >= 11 is 0. The molecule has 4 nitrogen and oxygen atoms in total. The molecule has 0 radical (unpaired) electrons. The summed E-state index contributed by atoms with van der Waals surface area (Å²) in [6.45, 7) is -0.161. The molecule has 0 fully saturated rings. The van der Waals surface area contributed by atoms with Crippen molar-refractivity contribution in [2.75, 3.05) is 0 Å². The summed E-state index contributed by atoms with van der Waals surface area (Å²) < 4.78 is 0. The molecular weight excluding hydrogens is 252 g/mol. The fraction of sp³-hybridized carbons (Fsp3) is 0.0625. The van der Waals surface area contributed by atoms with E-state index in [2.05, 4.69) is 4.98 Å². The Balaban J connectivity index is 2.07. The lowest BCUT2D eigenvalue weighted by atomic mass is 10.0. The zero-order valence-electron chi connectivity index (χ0n) is 10.7. The molecule has 1 heterocycles. The molecule has 0 saturated carbocycles. The Labute approximate surface area is 115 Å². The minimum Gasteiger partial charge on any atom is -0.264 e. The molecule has 0 aliphatic rings.